The molecule has 0 aliphatic heterocycles. The number of hydrogen-bond donors (Lipinski definition) is 0. The zero-order chi connectivity index (χ0) is 20.2. The van der Waals surface area contributed by atoms with Gasteiger partial charge in [0.15, 0.2) is 0 Å². The lowest BCUT2D eigenvalue weighted by atomic mass is 10.1. The van der Waals surface area contributed by atoms with Crippen molar-refractivity contribution < 1.29 is 13.2 Å². The molecular weight excluding hydrogens is 387 g/mol. The van der Waals surface area contributed by atoms with Crippen LogP contribution in [0.15, 0.2) is 34.0 Å². The Kier molecular flexibility index (Phi) is 4.56. The van der Waals surface area contributed by atoms with Crippen LogP contribution in [-0.2, 0) is 20.3 Å². The number of pyridine rings is 1. The Balaban J connectivity index is 1.94. The fraction of sp³-hybridized carbons (Fsp3) is 0.400. The molecule has 0 saturated heterocycles. The third-order valence-electron chi connectivity index (χ3n) is 5.15. The number of aryl methyl sites for hydroxylation is 1. The molecule has 1 fully saturated rings. The second-order valence-corrected chi connectivity index (χ2v) is 8.39. The molecule has 28 heavy (non-hydrogen) atoms. The molecular formula is C20H20F3N3OS. The molecule has 0 atom stereocenters. The molecule has 0 spiro atoms. The highest BCUT2D eigenvalue weighted by molar-refractivity contribution is 7.99. The molecule has 0 bridgehead atoms. The van der Waals surface area contributed by atoms with E-state index in [0.29, 0.717) is 16.3 Å². The van der Waals surface area contributed by atoms with Crippen LogP contribution >= 0.6 is 11.8 Å². The average Bonchev–Trinajstić information content (AvgIpc) is 3.42. The molecule has 0 N–H and O–H groups in total. The number of nitrogens with zero attached hydrogens (tertiary/aromatic N) is 3. The van der Waals surface area contributed by atoms with E-state index in [1.807, 2.05) is 6.07 Å². The van der Waals surface area contributed by atoms with Gasteiger partial charge in [0.05, 0.1) is 5.52 Å². The normalized spacial score (nSPS) is 14.8. The number of thioether (sulfide) groups is 1. The first-order chi connectivity index (χ1) is 13.2. The maximum Gasteiger partial charge on any atom is 0.431 e. The van der Waals surface area contributed by atoms with Crippen LogP contribution in [0.1, 0.15) is 36.9 Å². The number of halogens is 3. The number of benzene rings is 1. The highest BCUT2D eigenvalue weighted by atomic mass is 32.2. The molecule has 0 radical (unpaired) electrons. The minimum Gasteiger partial charge on any atom is -0.323 e. The number of fused-ring (bicyclic) bond motifs is 1. The van der Waals surface area contributed by atoms with Gasteiger partial charge < -0.3 is 9.13 Å². The number of aromatic nitrogens is 3. The summed E-state index contributed by atoms with van der Waals surface area (Å²) in [6.07, 6.45) is -2.23. The van der Waals surface area contributed by atoms with E-state index >= 15 is 0 Å². The van der Waals surface area contributed by atoms with E-state index in [1.54, 1.807) is 23.4 Å². The van der Waals surface area contributed by atoms with Crippen molar-refractivity contribution in [2.24, 2.45) is 14.1 Å². The Morgan fingerprint density at radius 1 is 1.18 bits per heavy atom. The molecule has 1 aliphatic rings. The maximum absolute atomic E-state index is 13.3. The van der Waals surface area contributed by atoms with Gasteiger partial charge in [0, 0.05) is 24.6 Å². The quantitative estimate of drug-likeness (QED) is 0.575. The second kappa shape index (κ2) is 6.69. The molecule has 0 amide bonds. The van der Waals surface area contributed by atoms with Crippen LogP contribution in [0.4, 0.5) is 13.2 Å². The van der Waals surface area contributed by atoms with Crippen molar-refractivity contribution in [3.63, 3.8) is 0 Å². The molecule has 1 aliphatic carbocycles. The highest BCUT2D eigenvalue weighted by Crippen LogP contribution is 2.43. The predicted octanol–water partition coefficient (Wildman–Crippen LogP) is 4.95. The molecule has 2 heterocycles. The second-order valence-electron chi connectivity index (χ2n) is 7.08. The predicted molar refractivity (Wildman–Crippen MR) is 105 cm³/mol. The van der Waals surface area contributed by atoms with Crippen LogP contribution in [-0.4, -0.2) is 19.9 Å². The van der Waals surface area contributed by atoms with Crippen LogP contribution in [0.2, 0.25) is 0 Å². The first kappa shape index (κ1) is 19.1. The molecule has 2 aromatic heterocycles. The van der Waals surface area contributed by atoms with Crippen LogP contribution in [0.3, 0.4) is 0 Å². The van der Waals surface area contributed by atoms with Gasteiger partial charge >= 0.3 is 6.18 Å². The van der Waals surface area contributed by atoms with Gasteiger partial charge in [0.2, 0.25) is 0 Å². The van der Waals surface area contributed by atoms with Crippen LogP contribution in [0, 0.1) is 0 Å². The smallest absolute Gasteiger partial charge is 0.323 e. The van der Waals surface area contributed by atoms with Crippen LogP contribution in [0.5, 0.6) is 0 Å². The van der Waals surface area contributed by atoms with E-state index in [9.17, 15) is 18.0 Å². The van der Waals surface area contributed by atoms with Crippen molar-refractivity contribution in [2.45, 2.75) is 36.8 Å². The highest BCUT2D eigenvalue weighted by Gasteiger charge is 2.35. The van der Waals surface area contributed by atoms with Crippen LogP contribution in [0.25, 0.3) is 22.4 Å². The Morgan fingerprint density at radius 3 is 2.50 bits per heavy atom. The van der Waals surface area contributed by atoms with Crippen molar-refractivity contribution >= 4 is 22.8 Å². The molecule has 148 valence electrons. The number of hydrogen-bond acceptors (Lipinski definition) is 3. The molecule has 3 aromatic rings. The average molecular weight is 407 g/mol. The van der Waals surface area contributed by atoms with E-state index < -0.39 is 17.4 Å². The summed E-state index contributed by atoms with van der Waals surface area (Å²) in [7, 11) is 2.81. The van der Waals surface area contributed by atoms with E-state index in [4.69, 9.17) is 0 Å². The fourth-order valence-corrected chi connectivity index (χ4v) is 4.40. The third kappa shape index (κ3) is 3.13. The molecule has 1 aromatic carbocycles. The SMILES string of the molecule is CCSc1cc(C2CC2)ccc1-c1nc2cc(C(F)(F)F)n(C)c(=O)c2n1C. The lowest BCUT2D eigenvalue weighted by molar-refractivity contribution is -0.143. The summed E-state index contributed by atoms with van der Waals surface area (Å²) in [4.78, 5) is 18.1. The van der Waals surface area contributed by atoms with Gasteiger partial charge in [-0.15, -0.1) is 11.8 Å². The summed E-state index contributed by atoms with van der Waals surface area (Å²) in [6.45, 7) is 2.05. The summed E-state index contributed by atoms with van der Waals surface area (Å²) in [5.74, 6) is 1.97. The van der Waals surface area contributed by atoms with Gasteiger partial charge in [0.25, 0.3) is 5.56 Å². The summed E-state index contributed by atoms with van der Waals surface area (Å²) in [6, 6.07) is 7.14. The number of imidazole rings is 1. The Morgan fingerprint density at radius 2 is 1.89 bits per heavy atom. The number of alkyl halides is 3. The lowest BCUT2D eigenvalue weighted by Crippen LogP contribution is -2.26. The van der Waals surface area contributed by atoms with Gasteiger partial charge in [-0.2, -0.15) is 13.2 Å². The van der Waals surface area contributed by atoms with Crippen molar-refractivity contribution in [1.82, 2.24) is 14.1 Å². The fourth-order valence-electron chi connectivity index (χ4n) is 3.55. The van der Waals surface area contributed by atoms with Gasteiger partial charge in [0.1, 0.15) is 17.0 Å². The largest absolute Gasteiger partial charge is 0.431 e. The standard InChI is InChI=1S/C20H20F3N3OS/c1-4-28-15-9-12(11-5-6-11)7-8-13(15)18-24-14-10-16(20(21,22)23)25(2)19(27)17(14)26(18)3/h7-11H,4-6H2,1-3H3. The van der Waals surface area contributed by atoms with Crippen molar-refractivity contribution in [3.05, 3.63) is 45.9 Å². The third-order valence-corrected chi connectivity index (χ3v) is 6.09. The zero-order valence-corrected chi connectivity index (χ0v) is 16.6. The van der Waals surface area contributed by atoms with E-state index in [2.05, 4.69) is 24.0 Å². The Labute approximate surface area is 164 Å². The minimum atomic E-state index is -4.62. The first-order valence-corrected chi connectivity index (χ1v) is 10.1. The molecule has 4 nitrogen and oxygen atoms in total. The van der Waals surface area contributed by atoms with Gasteiger partial charge in [-0.25, -0.2) is 4.98 Å². The number of rotatable bonds is 4. The summed E-state index contributed by atoms with van der Waals surface area (Å²) >= 11 is 1.67. The maximum atomic E-state index is 13.3. The Hall–Kier alpha value is -2.22. The van der Waals surface area contributed by atoms with Crippen molar-refractivity contribution in [1.29, 1.82) is 0 Å². The van der Waals surface area contributed by atoms with Gasteiger partial charge in [-0.05, 0) is 48.3 Å². The first-order valence-electron chi connectivity index (χ1n) is 9.13. The zero-order valence-electron chi connectivity index (χ0n) is 15.8. The summed E-state index contributed by atoms with van der Waals surface area (Å²) < 4.78 is 42.1. The van der Waals surface area contributed by atoms with Gasteiger partial charge in [-0.3, -0.25) is 4.79 Å². The van der Waals surface area contributed by atoms with E-state index in [0.717, 1.165) is 29.3 Å². The van der Waals surface area contributed by atoms with Gasteiger partial charge in [-0.1, -0.05) is 13.0 Å². The Bertz CT molecular complexity index is 1130. The summed E-state index contributed by atoms with van der Waals surface area (Å²) in [5.41, 5.74) is 0.655. The lowest BCUT2D eigenvalue weighted by Gasteiger charge is -2.12. The van der Waals surface area contributed by atoms with E-state index in [1.165, 1.54) is 18.4 Å². The molecule has 0 unspecified atom stereocenters. The van der Waals surface area contributed by atoms with E-state index in [-0.39, 0.29) is 11.0 Å². The molecule has 4 rings (SSSR count). The molecule has 8 heteroatoms. The summed E-state index contributed by atoms with van der Waals surface area (Å²) in [5, 5.41) is 0. The molecule has 1 saturated carbocycles. The van der Waals surface area contributed by atoms with Crippen LogP contribution < -0.4 is 5.56 Å². The monoisotopic (exact) mass is 407 g/mol. The van der Waals surface area contributed by atoms with Crippen molar-refractivity contribution in [3.8, 4) is 11.4 Å². The minimum absolute atomic E-state index is 0.0617. The topological polar surface area (TPSA) is 39.8 Å². The van der Waals surface area contributed by atoms with Crippen molar-refractivity contribution in [2.75, 3.05) is 5.75 Å².